The Morgan fingerprint density at radius 1 is 1.44 bits per heavy atom. The van der Waals surface area contributed by atoms with Crippen LogP contribution in [0.2, 0.25) is 5.02 Å². The van der Waals surface area contributed by atoms with Crippen molar-refractivity contribution in [1.82, 2.24) is 20.3 Å². The number of amides is 1. The lowest BCUT2D eigenvalue weighted by Gasteiger charge is -2.21. The number of rotatable bonds is 3. The fourth-order valence-electron chi connectivity index (χ4n) is 3.54. The minimum atomic E-state index is -0.0409. The van der Waals surface area contributed by atoms with E-state index < -0.39 is 0 Å². The van der Waals surface area contributed by atoms with Crippen LogP contribution in [0.4, 0.5) is 5.69 Å². The van der Waals surface area contributed by atoms with E-state index in [1.54, 1.807) is 18.5 Å². The van der Waals surface area contributed by atoms with Crippen molar-refractivity contribution in [2.24, 2.45) is 5.92 Å². The number of hydrogen-bond donors (Lipinski definition) is 2. The summed E-state index contributed by atoms with van der Waals surface area (Å²) >= 11 is 6.53. The Labute approximate surface area is 161 Å². The number of anilines is 1. The summed E-state index contributed by atoms with van der Waals surface area (Å²) in [5, 5.41) is 14.6. The van der Waals surface area contributed by atoms with Crippen molar-refractivity contribution in [2.75, 3.05) is 18.0 Å². The summed E-state index contributed by atoms with van der Waals surface area (Å²) in [4.78, 5) is 26.0. The molecule has 27 heavy (non-hydrogen) atoms. The predicted molar refractivity (Wildman–Crippen MR) is 105 cm³/mol. The molecule has 1 fully saturated rings. The molecule has 7 nitrogen and oxygen atoms in total. The molecule has 1 atom stereocenters. The summed E-state index contributed by atoms with van der Waals surface area (Å²) in [6.45, 7) is 5.24. The maximum absolute atomic E-state index is 12.0. The number of nitrogens with one attached hydrogen (secondary N) is 2. The van der Waals surface area contributed by atoms with E-state index in [9.17, 15) is 10.1 Å². The highest BCUT2D eigenvalue weighted by atomic mass is 35.5. The molecule has 1 aliphatic rings. The molecule has 0 aromatic carbocycles. The number of pyridine rings is 2. The first-order valence-corrected chi connectivity index (χ1v) is 9.27. The maximum Gasteiger partial charge on any atom is 0.222 e. The number of H-pyrrole nitrogens is 1. The van der Waals surface area contributed by atoms with Crippen molar-refractivity contribution < 1.29 is 4.79 Å². The van der Waals surface area contributed by atoms with E-state index in [0.29, 0.717) is 22.9 Å². The van der Waals surface area contributed by atoms with Crippen LogP contribution in [0.1, 0.15) is 26.0 Å². The van der Waals surface area contributed by atoms with Crippen LogP contribution in [0.3, 0.4) is 0 Å². The van der Waals surface area contributed by atoms with Gasteiger partial charge in [-0.2, -0.15) is 5.26 Å². The second-order valence-corrected chi connectivity index (χ2v) is 7.53. The number of fused-ring (bicyclic) bond motifs is 3. The standard InChI is InChI=1S/C19H19ClN6O/c1-10(2)19(27)24-11-3-4-26(9-11)17-14(20)7-23-18-16(17)13-5-12(6-21)22-8-15(13)25-18/h5,7-8,10-11H,3-4,9H2,1-2H3,(H,23,25)(H,24,27)/t11-/m0/s1. The second kappa shape index (κ2) is 6.71. The Morgan fingerprint density at radius 3 is 3.00 bits per heavy atom. The average molecular weight is 383 g/mol. The number of aromatic nitrogens is 3. The first-order chi connectivity index (χ1) is 13.0. The van der Waals surface area contributed by atoms with E-state index in [-0.39, 0.29) is 17.9 Å². The van der Waals surface area contributed by atoms with Crippen LogP contribution >= 0.6 is 11.6 Å². The van der Waals surface area contributed by atoms with E-state index in [1.807, 2.05) is 13.8 Å². The Bertz CT molecular complexity index is 1080. The number of carbonyl (C=O) groups is 1. The zero-order valence-corrected chi connectivity index (χ0v) is 15.8. The van der Waals surface area contributed by atoms with Gasteiger partial charge in [0.25, 0.3) is 0 Å². The van der Waals surface area contributed by atoms with Crippen LogP contribution in [-0.2, 0) is 4.79 Å². The number of carbonyl (C=O) groups excluding carboxylic acids is 1. The highest BCUT2D eigenvalue weighted by Crippen LogP contribution is 2.39. The molecule has 0 spiro atoms. The monoisotopic (exact) mass is 382 g/mol. The average Bonchev–Trinajstić information content (AvgIpc) is 3.25. The highest BCUT2D eigenvalue weighted by molar-refractivity contribution is 6.35. The first kappa shape index (κ1) is 17.6. The van der Waals surface area contributed by atoms with Crippen molar-refractivity contribution in [1.29, 1.82) is 5.26 Å². The Balaban J connectivity index is 1.76. The van der Waals surface area contributed by atoms with Crippen LogP contribution in [0, 0.1) is 17.2 Å². The molecule has 8 heteroatoms. The number of aromatic amines is 1. The maximum atomic E-state index is 12.0. The SMILES string of the molecule is CC(C)C(=O)N[C@H]1CCN(c2c(Cl)cnc3[nH]c4cnc(C#N)cc4c23)C1. The van der Waals surface area contributed by atoms with Crippen molar-refractivity contribution in [2.45, 2.75) is 26.3 Å². The molecule has 1 amide bonds. The molecule has 0 unspecified atom stereocenters. The summed E-state index contributed by atoms with van der Waals surface area (Å²) in [6, 6.07) is 3.91. The van der Waals surface area contributed by atoms with E-state index >= 15 is 0 Å². The van der Waals surface area contributed by atoms with Crippen molar-refractivity contribution in [3.63, 3.8) is 0 Å². The zero-order chi connectivity index (χ0) is 19.1. The third-order valence-electron chi connectivity index (χ3n) is 4.92. The quantitative estimate of drug-likeness (QED) is 0.725. The van der Waals surface area contributed by atoms with E-state index in [4.69, 9.17) is 11.6 Å². The van der Waals surface area contributed by atoms with E-state index in [0.717, 1.165) is 34.9 Å². The minimum absolute atomic E-state index is 0.0409. The lowest BCUT2D eigenvalue weighted by atomic mass is 10.1. The predicted octanol–water partition coefficient (Wildman–Crippen LogP) is 2.99. The van der Waals surface area contributed by atoms with Crippen molar-refractivity contribution in [3.05, 3.63) is 29.2 Å². The fourth-order valence-corrected chi connectivity index (χ4v) is 3.80. The Morgan fingerprint density at radius 2 is 2.26 bits per heavy atom. The summed E-state index contributed by atoms with van der Waals surface area (Å²) < 4.78 is 0. The second-order valence-electron chi connectivity index (χ2n) is 7.13. The third-order valence-corrected chi connectivity index (χ3v) is 5.20. The van der Waals surface area contributed by atoms with Crippen LogP contribution in [0.25, 0.3) is 21.9 Å². The van der Waals surface area contributed by atoms with Gasteiger partial charge in [-0.1, -0.05) is 25.4 Å². The molecule has 2 N–H and O–H groups in total. The normalized spacial score (nSPS) is 17.0. The zero-order valence-electron chi connectivity index (χ0n) is 15.1. The molecule has 0 bridgehead atoms. The summed E-state index contributed by atoms with van der Waals surface area (Å²) in [7, 11) is 0. The van der Waals surface area contributed by atoms with Gasteiger partial charge in [-0.3, -0.25) is 4.79 Å². The molecule has 3 aromatic rings. The lowest BCUT2D eigenvalue weighted by Crippen LogP contribution is -2.39. The van der Waals surface area contributed by atoms with Crippen LogP contribution < -0.4 is 10.2 Å². The van der Waals surface area contributed by atoms with Gasteiger partial charge < -0.3 is 15.2 Å². The van der Waals surface area contributed by atoms with Gasteiger partial charge in [-0.15, -0.1) is 0 Å². The number of hydrogen-bond acceptors (Lipinski definition) is 5. The minimum Gasteiger partial charge on any atom is -0.368 e. The summed E-state index contributed by atoms with van der Waals surface area (Å²) in [5.74, 6) is 0.0189. The molecule has 4 heterocycles. The summed E-state index contributed by atoms with van der Waals surface area (Å²) in [5.41, 5.74) is 2.74. The molecule has 1 saturated heterocycles. The molecule has 4 rings (SSSR count). The number of nitrogens with zero attached hydrogens (tertiary/aromatic N) is 4. The van der Waals surface area contributed by atoms with Crippen LogP contribution in [-0.4, -0.2) is 40.0 Å². The van der Waals surface area contributed by atoms with Gasteiger partial charge in [0.1, 0.15) is 17.4 Å². The molecule has 1 aliphatic heterocycles. The highest BCUT2D eigenvalue weighted by Gasteiger charge is 2.28. The van der Waals surface area contributed by atoms with Crippen molar-refractivity contribution >= 4 is 45.1 Å². The molecular weight excluding hydrogens is 364 g/mol. The van der Waals surface area contributed by atoms with Gasteiger partial charge in [0.15, 0.2) is 0 Å². The largest absolute Gasteiger partial charge is 0.368 e. The Hall–Kier alpha value is -2.85. The number of halogens is 1. The summed E-state index contributed by atoms with van der Waals surface area (Å²) in [6.07, 6.45) is 4.13. The van der Waals surface area contributed by atoms with Crippen LogP contribution in [0.5, 0.6) is 0 Å². The van der Waals surface area contributed by atoms with Crippen molar-refractivity contribution in [3.8, 4) is 6.07 Å². The molecular formula is C19H19ClN6O. The number of nitriles is 1. The van der Waals surface area contributed by atoms with Gasteiger partial charge in [-0.05, 0) is 12.5 Å². The topological polar surface area (TPSA) is 97.7 Å². The van der Waals surface area contributed by atoms with Gasteiger partial charge in [0.05, 0.1) is 34.0 Å². The smallest absolute Gasteiger partial charge is 0.222 e. The fraction of sp³-hybridized carbons (Fsp3) is 0.368. The first-order valence-electron chi connectivity index (χ1n) is 8.89. The van der Waals surface area contributed by atoms with Gasteiger partial charge in [-0.25, -0.2) is 9.97 Å². The molecule has 0 saturated carbocycles. The third kappa shape index (κ3) is 3.06. The lowest BCUT2D eigenvalue weighted by molar-refractivity contribution is -0.124. The van der Waals surface area contributed by atoms with Gasteiger partial charge in [0.2, 0.25) is 5.91 Å². The van der Waals surface area contributed by atoms with Gasteiger partial charge in [0, 0.05) is 30.4 Å². The molecule has 3 aromatic heterocycles. The van der Waals surface area contributed by atoms with E-state index in [1.165, 1.54) is 0 Å². The molecule has 0 radical (unpaired) electrons. The molecule has 138 valence electrons. The van der Waals surface area contributed by atoms with E-state index in [2.05, 4.69) is 31.2 Å². The van der Waals surface area contributed by atoms with Gasteiger partial charge >= 0.3 is 0 Å². The van der Waals surface area contributed by atoms with Crippen LogP contribution in [0.15, 0.2) is 18.5 Å². The molecule has 0 aliphatic carbocycles. The Kier molecular flexibility index (Phi) is 4.36.